The number of hydrogen-bond acceptors (Lipinski definition) is 8. The number of halogens is 8. The third kappa shape index (κ3) is 4.66. The van der Waals surface area contributed by atoms with Gasteiger partial charge in [0.2, 0.25) is 0 Å². The Kier molecular flexibility index (Phi) is 5.90. The van der Waals surface area contributed by atoms with Crippen LogP contribution in [-0.4, -0.2) is 49.3 Å². The molecule has 1 heterocycles. The lowest BCUT2D eigenvalue weighted by molar-refractivity contribution is -0.0444. The molecule has 0 amide bonds. The van der Waals surface area contributed by atoms with E-state index in [1.807, 2.05) is 4.13 Å². The Morgan fingerprint density at radius 3 is 1.08 bits per heavy atom. The van der Waals surface area contributed by atoms with Crippen molar-refractivity contribution in [3.63, 3.8) is 0 Å². The molecule has 10 nitrogen and oxygen atoms in total. The zero-order chi connectivity index (χ0) is 20.9. The summed E-state index contributed by atoms with van der Waals surface area (Å²) in [6.07, 6.45) is 0. The van der Waals surface area contributed by atoms with E-state index < -0.39 is 55.7 Å². The van der Waals surface area contributed by atoms with Crippen molar-refractivity contribution < 1.29 is 71.6 Å². The molecule has 0 spiro atoms. The second-order valence-corrected chi connectivity index (χ2v) is 10.6. The monoisotopic (exact) mass is 474 g/mol. The Balaban J connectivity index is -0.000000421. The number of sulfonamides is 4. The second kappa shape index (κ2) is 6.11. The quantitative estimate of drug-likeness (QED) is 0.532. The van der Waals surface area contributed by atoms with Gasteiger partial charge in [-0.1, -0.05) is 0 Å². The summed E-state index contributed by atoms with van der Waals surface area (Å²) in [7, 11) is -23.6. The minimum absolute atomic E-state index is 0. The Morgan fingerprint density at radius 1 is 0.760 bits per heavy atom. The number of alkyl halides is 8. The molecular formula is C3H2F8N2O8S4. The molecule has 0 N–H and O–H groups in total. The zero-order valence-corrected chi connectivity index (χ0v) is 13.6. The first-order valence-corrected chi connectivity index (χ1v) is 10.2. The molecule has 1 rings (SSSR count). The van der Waals surface area contributed by atoms with Crippen molar-refractivity contribution in [2.24, 2.45) is 0 Å². The van der Waals surface area contributed by atoms with Crippen molar-refractivity contribution in [3.05, 3.63) is 8.25 Å². The molecule has 1 aliphatic heterocycles. The summed E-state index contributed by atoms with van der Waals surface area (Å²) in [5.41, 5.74) is -12.4. The van der Waals surface area contributed by atoms with Crippen molar-refractivity contribution in [1.29, 1.82) is 0 Å². The molecule has 0 aromatic rings. The molecule has 1 fully saturated rings. The van der Waals surface area contributed by atoms with Crippen LogP contribution in [0.4, 0.5) is 35.1 Å². The zero-order valence-electron chi connectivity index (χ0n) is 12.3. The third-order valence-corrected chi connectivity index (χ3v) is 8.35. The Morgan fingerprint density at radius 2 is 1.00 bits per heavy atom. The van der Waals surface area contributed by atoms with Gasteiger partial charge in [-0.15, -0.1) is 0 Å². The van der Waals surface area contributed by atoms with Crippen LogP contribution in [0.2, 0.25) is 0 Å². The van der Waals surface area contributed by atoms with Crippen molar-refractivity contribution in [1.82, 2.24) is 0 Å². The van der Waals surface area contributed by atoms with Gasteiger partial charge in [0.25, 0.3) is 0 Å². The van der Waals surface area contributed by atoms with Crippen molar-refractivity contribution in [3.8, 4) is 0 Å². The van der Waals surface area contributed by atoms with Gasteiger partial charge in [-0.25, -0.2) is 33.7 Å². The summed E-state index contributed by atoms with van der Waals surface area (Å²) in [5.74, 6) is 0. The predicted octanol–water partition coefficient (Wildman–Crippen LogP) is 0.868. The number of nitrogens with zero attached hydrogens (tertiary/aromatic N) is 2. The number of rotatable bonds is 2. The van der Waals surface area contributed by atoms with Crippen molar-refractivity contribution in [2.45, 2.75) is 15.6 Å². The summed E-state index contributed by atoms with van der Waals surface area (Å²) in [6, 6.07) is 0. The van der Waals surface area contributed by atoms with E-state index in [-0.39, 0.29) is 2.85 Å². The van der Waals surface area contributed by atoms with E-state index in [1.165, 1.54) is 0 Å². The fraction of sp³-hybridized carbons (Fsp3) is 1.00. The summed E-state index contributed by atoms with van der Waals surface area (Å²) in [6.45, 7) is 0. The lowest BCUT2D eigenvalue weighted by Crippen LogP contribution is -2.47. The first kappa shape index (κ1) is 24.2. The van der Waals surface area contributed by atoms with E-state index in [4.69, 9.17) is 0 Å². The van der Waals surface area contributed by atoms with E-state index in [2.05, 4.69) is 0 Å². The molecule has 0 unspecified atom stereocenters. The van der Waals surface area contributed by atoms with Gasteiger partial charge in [0, 0.05) is 0 Å². The lowest BCUT2D eigenvalue weighted by Gasteiger charge is -2.38. The maximum atomic E-state index is 11.8. The molecule has 0 saturated carbocycles. The normalized spacial score (nSPS) is 22.2. The van der Waals surface area contributed by atoms with Gasteiger partial charge >= 0.3 is 18.5 Å². The van der Waals surface area contributed by atoms with Crippen LogP contribution in [0.1, 0.15) is 2.85 Å². The van der Waals surface area contributed by atoms with Crippen molar-refractivity contribution in [2.75, 3.05) is 0 Å². The molecular weight excluding hydrogens is 472 g/mol. The molecule has 22 heteroatoms. The summed E-state index contributed by atoms with van der Waals surface area (Å²) in [5, 5.41) is 0. The van der Waals surface area contributed by atoms with Gasteiger partial charge in [0.1, 0.15) is 0 Å². The van der Waals surface area contributed by atoms with Gasteiger partial charge in [-0.3, -0.25) is 0 Å². The smallest absolute Gasteiger partial charge is 0.424 e. The molecule has 0 atom stereocenters. The van der Waals surface area contributed by atoms with Crippen LogP contribution in [0.5, 0.6) is 0 Å². The average Bonchev–Trinajstić information content (AvgIpc) is 2.22. The molecule has 0 bridgehead atoms. The first-order valence-electron chi connectivity index (χ1n) is 4.39. The van der Waals surface area contributed by atoms with Crippen LogP contribution >= 0.6 is 0 Å². The summed E-state index contributed by atoms with van der Waals surface area (Å²) >= 11 is 0. The maximum Gasteiger partial charge on any atom is 1.00 e. The Hall–Kier alpha value is -0.840. The topological polar surface area (TPSA) is 165 Å². The predicted molar refractivity (Wildman–Crippen MR) is 61.7 cm³/mol. The van der Waals surface area contributed by atoms with E-state index >= 15 is 0 Å². The largest absolute Gasteiger partial charge is 1.00 e. The maximum absolute atomic E-state index is 11.8. The van der Waals surface area contributed by atoms with Gasteiger partial charge in [0.05, 0.1) is 0 Å². The highest BCUT2D eigenvalue weighted by molar-refractivity contribution is 8.29. The van der Waals surface area contributed by atoms with E-state index in [0.717, 1.165) is 4.13 Å². The van der Waals surface area contributed by atoms with E-state index in [1.54, 1.807) is 0 Å². The van der Waals surface area contributed by atoms with Crippen LogP contribution in [0.15, 0.2) is 0 Å². The number of hydrogen-bond donors (Lipinski definition) is 0. The van der Waals surface area contributed by atoms with Crippen LogP contribution in [0, 0.1) is 0 Å². The van der Waals surface area contributed by atoms with Gasteiger partial charge in [0.15, 0.2) is 40.1 Å². The molecule has 25 heavy (non-hydrogen) atoms. The van der Waals surface area contributed by atoms with E-state index in [9.17, 15) is 68.8 Å². The SMILES string of the molecule is O=S(=O)([N-]S(=O)(=O)C(F)(F)F)C(F)(F)F.O=S1(=O)[N-]S(=O)(=O)C1(F)F.[H+].[H+]. The molecule has 1 aliphatic rings. The minimum atomic E-state index is -6.72. The molecule has 0 aliphatic carbocycles. The van der Waals surface area contributed by atoms with E-state index in [0.29, 0.717) is 0 Å². The van der Waals surface area contributed by atoms with Crippen LogP contribution in [0.25, 0.3) is 8.25 Å². The Bertz CT molecular complexity index is 872. The highest BCUT2D eigenvalue weighted by atomic mass is 32.3. The second-order valence-electron chi connectivity index (χ2n) is 3.40. The molecule has 0 aromatic carbocycles. The van der Waals surface area contributed by atoms with Crippen LogP contribution < -0.4 is 0 Å². The fourth-order valence-corrected chi connectivity index (χ4v) is 4.81. The highest BCUT2D eigenvalue weighted by Gasteiger charge is 2.58. The third-order valence-electron chi connectivity index (χ3n) is 1.58. The average molecular weight is 474 g/mol. The molecule has 152 valence electrons. The van der Waals surface area contributed by atoms with Crippen molar-refractivity contribution >= 4 is 40.1 Å². The summed E-state index contributed by atoms with van der Waals surface area (Å²) in [4.78, 5) is 0. The molecule has 0 radical (unpaired) electrons. The molecule has 1 saturated heterocycles. The van der Waals surface area contributed by atoms with Crippen LogP contribution in [-0.2, 0) is 40.1 Å². The Labute approximate surface area is 136 Å². The molecule has 0 aromatic heterocycles. The lowest BCUT2D eigenvalue weighted by atomic mass is 11.6. The summed E-state index contributed by atoms with van der Waals surface area (Å²) < 4.78 is 169. The highest BCUT2D eigenvalue weighted by Crippen LogP contribution is 2.47. The van der Waals surface area contributed by atoms with Gasteiger partial charge in [-0.2, -0.15) is 35.1 Å². The fourth-order valence-electron chi connectivity index (χ4n) is 0.534. The van der Waals surface area contributed by atoms with Crippen LogP contribution in [0.3, 0.4) is 0 Å². The van der Waals surface area contributed by atoms with Gasteiger partial charge in [-0.05, 0) is 0 Å². The standard InChI is InChI=1S/C2F6NO4S2.CF2NO4S2/c3-1(4,5)14(10,11)9-15(12,13)2(6,7)8;2-1(3)9(5,6)4-10(1,7)8/q2*-1/p+2. The first-order chi connectivity index (χ1) is 10.4. The minimum Gasteiger partial charge on any atom is -0.424 e. The van der Waals surface area contributed by atoms with Gasteiger partial charge < -0.3 is 8.25 Å².